The molecular formula is C21H29N3O4S. The van der Waals surface area contributed by atoms with Crippen LogP contribution in [-0.2, 0) is 21.9 Å². The second kappa shape index (κ2) is 9.17. The molecule has 0 heterocycles. The maximum Gasteiger partial charge on any atom is 0.319 e. The van der Waals surface area contributed by atoms with Gasteiger partial charge in [-0.3, -0.25) is 4.72 Å². The van der Waals surface area contributed by atoms with Crippen LogP contribution >= 0.6 is 0 Å². The number of nitrogens with one attached hydrogen (secondary N) is 3. The molecule has 0 spiro atoms. The van der Waals surface area contributed by atoms with Crippen LogP contribution in [0.3, 0.4) is 0 Å². The lowest BCUT2D eigenvalue weighted by molar-refractivity contribution is 0.252. The molecule has 0 aliphatic heterocycles. The van der Waals surface area contributed by atoms with E-state index < -0.39 is 10.0 Å². The van der Waals surface area contributed by atoms with E-state index >= 15 is 0 Å². The highest BCUT2D eigenvalue weighted by molar-refractivity contribution is 7.92. The molecule has 0 aromatic heterocycles. The average Bonchev–Trinajstić information content (AvgIpc) is 2.61. The van der Waals surface area contributed by atoms with E-state index in [2.05, 4.69) is 48.3 Å². The van der Waals surface area contributed by atoms with E-state index in [0.717, 1.165) is 11.8 Å². The Kier molecular flexibility index (Phi) is 7.13. The maximum atomic E-state index is 12.2. The third-order valence-electron chi connectivity index (χ3n) is 4.25. The molecule has 0 unspecified atom stereocenters. The SMILES string of the molecule is COc1cc(NS(C)(=O)=O)ccc1NC(=O)NCCc1cccc(C(C)(C)C)c1. The van der Waals surface area contributed by atoms with Gasteiger partial charge in [0, 0.05) is 12.6 Å². The first-order valence-electron chi connectivity index (χ1n) is 9.28. The number of methoxy groups -OCH3 is 1. The summed E-state index contributed by atoms with van der Waals surface area (Å²) in [6.07, 6.45) is 1.78. The fourth-order valence-corrected chi connectivity index (χ4v) is 3.31. The third-order valence-corrected chi connectivity index (χ3v) is 4.85. The van der Waals surface area contributed by atoms with Crippen molar-refractivity contribution in [1.82, 2.24) is 5.32 Å². The smallest absolute Gasteiger partial charge is 0.319 e. The van der Waals surface area contributed by atoms with Gasteiger partial charge in [-0.15, -0.1) is 0 Å². The number of sulfonamides is 1. The Bertz CT molecular complexity index is 966. The molecule has 2 amide bonds. The quantitative estimate of drug-likeness (QED) is 0.637. The number of hydrogen-bond acceptors (Lipinski definition) is 4. The number of amides is 2. The van der Waals surface area contributed by atoms with Gasteiger partial charge in [0.15, 0.2) is 0 Å². The summed E-state index contributed by atoms with van der Waals surface area (Å²) in [6, 6.07) is 12.6. The van der Waals surface area contributed by atoms with E-state index in [1.807, 2.05) is 12.1 Å². The molecule has 2 aromatic carbocycles. The molecule has 0 atom stereocenters. The first-order chi connectivity index (χ1) is 13.5. The molecule has 2 aromatic rings. The molecule has 2 rings (SSSR count). The molecule has 0 radical (unpaired) electrons. The van der Waals surface area contributed by atoms with Gasteiger partial charge in [0.1, 0.15) is 5.75 Å². The van der Waals surface area contributed by atoms with Gasteiger partial charge < -0.3 is 15.4 Å². The fourth-order valence-electron chi connectivity index (χ4n) is 2.75. The van der Waals surface area contributed by atoms with Crippen LogP contribution in [-0.4, -0.2) is 34.4 Å². The first-order valence-corrected chi connectivity index (χ1v) is 11.2. The largest absolute Gasteiger partial charge is 0.494 e. The highest BCUT2D eigenvalue weighted by Gasteiger charge is 2.14. The van der Waals surface area contributed by atoms with Gasteiger partial charge in [-0.25, -0.2) is 13.2 Å². The van der Waals surface area contributed by atoms with Crippen LogP contribution in [0.2, 0.25) is 0 Å². The maximum absolute atomic E-state index is 12.2. The zero-order valence-electron chi connectivity index (χ0n) is 17.5. The highest BCUT2D eigenvalue weighted by Crippen LogP contribution is 2.28. The zero-order chi connectivity index (χ0) is 21.7. The van der Waals surface area contributed by atoms with Crippen molar-refractivity contribution in [3.05, 3.63) is 53.6 Å². The Balaban J connectivity index is 1.94. The number of rotatable bonds is 7. The van der Waals surface area contributed by atoms with E-state index in [4.69, 9.17) is 4.74 Å². The van der Waals surface area contributed by atoms with Crippen molar-refractivity contribution in [2.45, 2.75) is 32.6 Å². The number of carbonyl (C=O) groups excluding carboxylic acids is 1. The van der Waals surface area contributed by atoms with Crippen LogP contribution in [0.4, 0.5) is 16.2 Å². The van der Waals surface area contributed by atoms with Gasteiger partial charge in [-0.05, 0) is 35.1 Å². The van der Waals surface area contributed by atoms with Gasteiger partial charge in [0.05, 0.1) is 24.7 Å². The van der Waals surface area contributed by atoms with E-state index in [0.29, 0.717) is 30.1 Å². The number of benzene rings is 2. The van der Waals surface area contributed by atoms with Gasteiger partial charge >= 0.3 is 6.03 Å². The number of ether oxygens (including phenoxy) is 1. The summed E-state index contributed by atoms with van der Waals surface area (Å²) in [7, 11) is -1.94. The Morgan fingerprint density at radius 3 is 2.45 bits per heavy atom. The van der Waals surface area contributed by atoms with Crippen molar-refractivity contribution in [2.75, 3.05) is 29.9 Å². The topological polar surface area (TPSA) is 96.5 Å². The highest BCUT2D eigenvalue weighted by atomic mass is 32.2. The third kappa shape index (κ3) is 7.30. The van der Waals surface area contributed by atoms with E-state index in [9.17, 15) is 13.2 Å². The normalized spacial score (nSPS) is 11.6. The first kappa shape index (κ1) is 22.5. The predicted octanol–water partition coefficient (Wildman–Crippen LogP) is 3.73. The minimum absolute atomic E-state index is 0.0789. The molecule has 8 heteroatoms. The summed E-state index contributed by atoms with van der Waals surface area (Å²) in [5.41, 5.74) is 3.29. The fraction of sp³-hybridized carbons (Fsp3) is 0.381. The van der Waals surface area contributed by atoms with Crippen LogP contribution in [0, 0.1) is 0 Å². The molecule has 0 bridgehead atoms. The van der Waals surface area contributed by atoms with Crippen LogP contribution in [0.5, 0.6) is 5.75 Å². The summed E-state index contributed by atoms with van der Waals surface area (Å²) < 4.78 is 30.3. The molecule has 7 nitrogen and oxygen atoms in total. The molecule has 0 saturated carbocycles. The second-order valence-corrected chi connectivity index (χ2v) is 9.62. The Morgan fingerprint density at radius 2 is 1.83 bits per heavy atom. The monoisotopic (exact) mass is 419 g/mol. The molecule has 0 fully saturated rings. The van der Waals surface area contributed by atoms with Crippen molar-refractivity contribution in [1.29, 1.82) is 0 Å². The summed E-state index contributed by atoms with van der Waals surface area (Å²) >= 11 is 0. The lowest BCUT2D eigenvalue weighted by Crippen LogP contribution is -2.30. The standard InChI is InChI=1S/C21H29N3O4S/c1-21(2,3)16-8-6-7-15(13-16)11-12-22-20(25)23-18-10-9-17(14-19(18)28-4)24-29(5,26)27/h6-10,13-14,24H,11-12H2,1-5H3,(H2,22,23,25). The number of carbonyl (C=O) groups is 1. The van der Waals surface area contributed by atoms with Crippen molar-refractivity contribution in [3.63, 3.8) is 0 Å². The number of urea groups is 1. The predicted molar refractivity (Wildman–Crippen MR) is 117 cm³/mol. The van der Waals surface area contributed by atoms with Crippen LogP contribution < -0.4 is 20.1 Å². The molecule has 29 heavy (non-hydrogen) atoms. The van der Waals surface area contributed by atoms with E-state index in [-0.39, 0.29) is 11.4 Å². The van der Waals surface area contributed by atoms with Gasteiger partial charge in [0.2, 0.25) is 10.0 Å². The Labute approximate surface area is 172 Å². The minimum atomic E-state index is -3.39. The lowest BCUT2D eigenvalue weighted by Gasteiger charge is -2.19. The number of hydrogen-bond donors (Lipinski definition) is 3. The summed E-state index contributed by atoms with van der Waals surface area (Å²) in [5, 5.41) is 5.55. The molecular weight excluding hydrogens is 390 g/mol. The van der Waals surface area contributed by atoms with Crippen molar-refractivity contribution in [3.8, 4) is 5.75 Å². The van der Waals surface area contributed by atoms with Gasteiger partial charge in [-0.1, -0.05) is 45.0 Å². The molecule has 0 aliphatic rings. The zero-order valence-corrected chi connectivity index (χ0v) is 18.3. The minimum Gasteiger partial charge on any atom is -0.494 e. The Morgan fingerprint density at radius 1 is 1.10 bits per heavy atom. The van der Waals surface area contributed by atoms with Crippen LogP contribution in [0.25, 0.3) is 0 Å². The molecule has 158 valence electrons. The van der Waals surface area contributed by atoms with Crippen molar-refractivity contribution < 1.29 is 17.9 Å². The average molecular weight is 420 g/mol. The molecule has 3 N–H and O–H groups in total. The van der Waals surface area contributed by atoms with Gasteiger partial charge in [-0.2, -0.15) is 0 Å². The van der Waals surface area contributed by atoms with E-state index in [1.54, 1.807) is 12.1 Å². The summed E-state index contributed by atoms with van der Waals surface area (Å²) in [6.45, 7) is 6.99. The van der Waals surface area contributed by atoms with Crippen LogP contribution in [0.15, 0.2) is 42.5 Å². The van der Waals surface area contributed by atoms with Crippen LogP contribution in [0.1, 0.15) is 31.9 Å². The molecule has 0 aliphatic carbocycles. The van der Waals surface area contributed by atoms with Crippen molar-refractivity contribution in [2.24, 2.45) is 0 Å². The lowest BCUT2D eigenvalue weighted by atomic mass is 9.86. The summed E-state index contributed by atoms with van der Waals surface area (Å²) in [5.74, 6) is 0.353. The van der Waals surface area contributed by atoms with Gasteiger partial charge in [0.25, 0.3) is 0 Å². The van der Waals surface area contributed by atoms with Crippen molar-refractivity contribution >= 4 is 27.4 Å². The number of anilines is 2. The summed E-state index contributed by atoms with van der Waals surface area (Å²) in [4.78, 5) is 12.2. The Hall–Kier alpha value is -2.74. The van der Waals surface area contributed by atoms with E-state index in [1.165, 1.54) is 18.7 Å². The second-order valence-electron chi connectivity index (χ2n) is 7.87. The molecule has 0 saturated heterocycles.